The Morgan fingerprint density at radius 3 is 2.80 bits per heavy atom. The van der Waals surface area contributed by atoms with Crippen LogP contribution in [0.2, 0.25) is 0 Å². The number of aromatic nitrogens is 2. The normalized spacial score (nSPS) is 19.0. The second-order valence-corrected chi connectivity index (χ2v) is 7.12. The van der Waals surface area contributed by atoms with Crippen molar-refractivity contribution in [1.29, 1.82) is 0 Å². The van der Waals surface area contributed by atoms with Crippen LogP contribution in [0.25, 0.3) is 11.0 Å². The first-order chi connectivity index (χ1) is 9.54. The second-order valence-electron chi connectivity index (χ2n) is 5.55. The van der Waals surface area contributed by atoms with Gasteiger partial charge in [-0.1, -0.05) is 15.9 Å². The van der Waals surface area contributed by atoms with Gasteiger partial charge in [0.15, 0.2) is 0 Å². The first-order valence-corrected chi connectivity index (χ1v) is 8.12. The molecule has 1 saturated carbocycles. The van der Waals surface area contributed by atoms with Crippen LogP contribution in [0.1, 0.15) is 37.4 Å². The molecule has 1 aliphatic rings. The van der Waals surface area contributed by atoms with Crippen LogP contribution in [0.5, 0.6) is 0 Å². The Labute approximate surface area is 132 Å². The SMILES string of the molecule is COC1(Cn2c(C(C)Cl)nc3ccc(Br)cc32)CCC1. The quantitative estimate of drug-likeness (QED) is 0.744. The molecule has 1 aromatic carbocycles. The van der Waals surface area contributed by atoms with E-state index < -0.39 is 0 Å². The van der Waals surface area contributed by atoms with Crippen molar-refractivity contribution in [3.8, 4) is 0 Å². The van der Waals surface area contributed by atoms with E-state index in [2.05, 4.69) is 31.5 Å². The highest BCUT2D eigenvalue weighted by Gasteiger charge is 2.38. The predicted molar refractivity (Wildman–Crippen MR) is 85.3 cm³/mol. The Hall–Kier alpha value is -0.580. The van der Waals surface area contributed by atoms with Gasteiger partial charge in [0.2, 0.25) is 0 Å². The van der Waals surface area contributed by atoms with Gasteiger partial charge in [0.1, 0.15) is 5.82 Å². The highest BCUT2D eigenvalue weighted by atomic mass is 79.9. The van der Waals surface area contributed by atoms with Crippen LogP contribution >= 0.6 is 27.5 Å². The Bertz CT molecular complexity index is 629. The van der Waals surface area contributed by atoms with Crippen LogP contribution in [0.3, 0.4) is 0 Å². The van der Waals surface area contributed by atoms with Crippen molar-refractivity contribution in [2.75, 3.05) is 7.11 Å². The third-order valence-corrected chi connectivity index (χ3v) is 4.93. The summed E-state index contributed by atoms with van der Waals surface area (Å²) < 4.78 is 9.04. The Morgan fingerprint density at radius 1 is 1.50 bits per heavy atom. The van der Waals surface area contributed by atoms with Gasteiger partial charge in [-0.3, -0.25) is 0 Å². The highest BCUT2D eigenvalue weighted by molar-refractivity contribution is 9.10. The number of methoxy groups -OCH3 is 1. The molecule has 1 fully saturated rings. The lowest BCUT2D eigenvalue weighted by molar-refractivity contribution is -0.0832. The molecule has 1 atom stereocenters. The molecule has 108 valence electrons. The summed E-state index contributed by atoms with van der Waals surface area (Å²) in [6.45, 7) is 2.79. The molecule has 0 N–H and O–H groups in total. The van der Waals surface area contributed by atoms with Gasteiger partial charge in [0.05, 0.1) is 28.6 Å². The van der Waals surface area contributed by atoms with Crippen LogP contribution in [0.15, 0.2) is 22.7 Å². The van der Waals surface area contributed by atoms with Gasteiger partial charge in [-0.2, -0.15) is 0 Å². The lowest BCUT2D eigenvalue weighted by Crippen LogP contribution is -2.43. The van der Waals surface area contributed by atoms with E-state index in [4.69, 9.17) is 16.3 Å². The number of nitrogens with zero attached hydrogens (tertiary/aromatic N) is 2. The predicted octanol–water partition coefficient (Wildman–Crippen LogP) is 4.67. The first kappa shape index (κ1) is 14.4. The van der Waals surface area contributed by atoms with Crippen LogP contribution in [-0.2, 0) is 11.3 Å². The smallest absolute Gasteiger partial charge is 0.127 e. The molecular weight excluding hydrogens is 340 g/mol. The molecule has 0 aliphatic heterocycles. The van der Waals surface area contributed by atoms with Crippen molar-refractivity contribution in [3.05, 3.63) is 28.5 Å². The summed E-state index contributed by atoms with van der Waals surface area (Å²) in [6, 6.07) is 6.14. The van der Waals surface area contributed by atoms with Crippen molar-refractivity contribution < 1.29 is 4.74 Å². The third kappa shape index (κ3) is 2.38. The molecule has 0 bridgehead atoms. The minimum absolute atomic E-state index is 0.0452. The Balaban J connectivity index is 2.10. The van der Waals surface area contributed by atoms with Crippen molar-refractivity contribution in [3.63, 3.8) is 0 Å². The zero-order chi connectivity index (χ0) is 14.3. The first-order valence-electron chi connectivity index (χ1n) is 6.89. The largest absolute Gasteiger partial charge is 0.376 e. The van der Waals surface area contributed by atoms with Crippen LogP contribution in [-0.4, -0.2) is 22.3 Å². The topological polar surface area (TPSA) is 27.1 Å². The summed E-state index contributed by atoms with van der Waals surface area (Å²) in [5.41, 5.74) is 2.06. The van der Waals surface area contributed by atoms with Gasteiger partial charge < -0.3 is 9.30 Å². The summed E-state index contributed by atoms with van der Waals surface area (Å²) >= 11 is 9.85. The number of rotatable bonds is 4. The Morgan fingerprint density at radius 2 is 2.25 bits per heavy atom. The number of hydrogen-bond donors (Lipinski definition) is 0. The number of ether oxygens (including phenoxy) is 1. The number of fused-ring (bicyclic) bond motifs is 1. The van der Waals surface area contributed by atoms with Gasteiger partial charge >= 0.3 is 0 Å². The number of benzene rings is 1. The van der Waals surface area contributed by atoms with E-state index in [1.807, 2.05) is 19.1 Å². The molecule has 0 amide bonds. The maximum atomic E-state index is 6.32. The lowest BCUT2D eigenvalue weighted by atomic mass is 9.80. The molecule has 0 radical (unpaired) electrons. The summed E-state index contributed by atoms with van der Waals surface area (Å²) in [7, 11) is 1.80. The van der Waals surface area contributed by atoms with E-state index in [9.17, 15) is 0 Å². The minimum Gasteiger partial charge on any atom is -0.376 e. The van der Waals surface area contributed by atoms with Crippen molar-refractivity contribution in [2.24, 2.45) is 0 Å². The van der Waals surface area contributed by atoms with E-state index >= 15 is 0 Å². The average Bonchev–Trinajstić information content (AvgIpc) is 2.72. The standard InChI is InChI=1S/C15H18BrClN2O/c1-10(17)14-18-12-5-4-11(16)8-13(12)19(14)9-15(20-2)6-3-7-15/h4-5,8,10H,3,6-7,9H2,1-2H3. The molecule has 1 heterocycles. The van der Waals surface area contributed by atoms with Crippen LogP contribution in [0.4, 0.5) is 0 Å². The van der Waals surface area contributed by atoms with Crippen molar-refractivity contribution >= 4 is 38.6 Å². The number of halogens is 2. The zero-order valence-electron chi connectivity index (χ0n) is 11.7. The molecular formula is C15H18BrClN2O. The molecule has 1 unspecified atom stereocenters. The average molecular weight is 358 g/mol. The van der Waals surface area contributed by atoms with Gasteiger partial charge in [-0.05, 0) is 44.4 Å². The van der Waals surface area contributed by atoms with Gasteiger partial charge in [-0.25, -0.2) is 4.98 Å². The summed E-state index contributed by atoms with van der Waals surface area (Å²) in [4.78, 5) is 4.68. The molecule has 1 aromatic heterocycles. The van der Waals surface area contributed by atoms with E-state index in [0.29, 0.717) is 0 Å². The van der Waals surface area contributed by atoms with Crippen molar-refractivity contribution in [2.45, 2.75) is 43.7 Å². The molecule has 3 rings (SSSR count). The van der Waals surface area contributed by atoms with Crippen LogP contribution < -0.4 is 0 Å². The van der Waals surface area contributed by atoms with Crippen molar-refractivity contribution in [1.82, 2.24) is 9.55 Å². The van der Waals surface area contributed by atoms with E-state index in [0.717, 1.165) is 40.7 Å². The fraction of sp³-hybridized carbons (Fsp3) is 0.533. The summed E-state index contributed by atoms with van der Waals surface area (Å²) in [6.07, 6.45) is 3.44. The fourth-order valence-corrected chi connectivity index (χ4v) is 3.39. The van der Waals surface area contributed by atoms with Gasteiger partial charge in [-0.15, -0.1) is 11.6 Å². The fourth-order valence-electron chi connectivity index (χ4n) is 2.87. The minimum atomic E-state index is -0.116. The van der Waals surface area contributed by atoms with Gasteiger partial charge in [0, 0.05) is 11.6 Å². The molecule has 5 heteroatoms. The molecule has 0 spiro atoms. The number of alkyl halides is 1. The zero-order valence-corrected chi connectivity index (χ0v) is 14.0. The van der Waals surface area contributed by atoms with E-state index in [1.165, 1.54) is 6.42 Å². The van der Waals surface area contributed by atoms with E-state index in [1.54, 1.807) is 7.11 Å². The molecule has 3 nitrogen and oxygen atoms in total. The third-order valence-electron chi connectivity index (χ3n) is 4.24. The summed E-state index contributed by atoms with van der Waals surface area (Å²) in [5, 5.41) is -0.116. The summed E-state index contributed by atoms with van der Waals surface area (Å²) in [5.74, 6) is 0.920. The number of hydrogen-bond acceptors (Lipinski definition) is 2. The maximum absolute atomic E-state index is 6.32. The van der Waals surface area contributed by atoms with Gasteiger partial charge in [0.25, 0.3) is 0 Å². The van der Waals surface area contributed by atoms with E-state index in [-0.39, 0.29) is 11.0 Å². The monoisotopic (exact) mass is 356 g/mol. The highest BCUT2D eigenvalue weighted by Crippen LogP contribution is 2.38. The maximum Gasteiger partial charge on any atom is 0.127 e. The number of imidazole rings is 1. The lowest BCUT2D eigenvalue weighted by Gasteiger charge is -2.41. The molecule has 1 aliphatic carbocycles. The molecule has 0 saturated heterocycles. The molecule has 2 aromatic rings. The Kier molecular flexibility index (Phi) is 3.82. The second kappa shape index (κ2) is 5.32. The molecule has 20 heavy (non-hydrogen) atoms. The van der Waals surface area contributed by atoms with Crippen LogP contribution in [0, 0.1) is 0 Å².